The predicted molar refractivity (Wildman–Crippen MR) is 93.8 cm³/mol. The average molecular weight is 348 g/mol. The number of amides is 1. The molecular formula is C17H20N2O4S. The van der Waals surface area contributed by atoms with E-state index in [4.69, 9.17) is 4.74 Å². The van der Waals surface area contributed by atoms with Gasteiger partial charge in [-0.2, -0.15) is 0 Å². The second-order valence-electron chi connectivity index (χ2n) is 5.43. The molecule has 2 rings (SSSR count). The van der Waals surface area contributed by atoms with E-state index in [9.17, 15) is 13.2 Å². The van der Waals surface area contributed by atoms with Crippen molar-refractivity contribution in [2.75, 3.05) is 18.1 Å². The number of methoxy groups -OCH3 is 1. The smallest absolute Gasteiger partial charge is 0.251 e. The van der Waals surface area contributed by atoms with E-state index >= 15 is 0 Å². The molecule has 2 aromatic rings. The summed E-state index contributed by atoms with van der Waals surface area (Å²) in [6.45, 7) is 1.83. The molecule has 24 heavy (non-hydrogen) atoms. The second-order valence-corrected chi connectivity index (χ2v) is 7.18. The minimum atomic E-state index is -3.34. The number of hydrogen-bond acceptors (Lipinski definition) is 4. The minimum Gasteiger partial charge on any atom is -0.497 e. The fraction of sp³-hybridized carbons (Fsp3) is 0.235. The lowest BCUT2D eigenvalue weighted by Gasteiger charge is -2.16. The van der Waals surface area contributed by atoms with E-state index < -0.39 is 10.0 Å². The molecular weight excluding hydrogens is 328 g/mol. The van der Waals surface area contributed by atoms with Crippen molar-refractivity contribution in [1.82, 2.24) is 5.32 Å². The Hall–Kier alpha value is -2.54. The highest BCUT2D eigenvalue weighted by molar-refractivity contribution is 7.92. The molecule has 0 heterocycles. The lowest BCUT2D eigenvalue weighted by Crippen LogP contribution is -2.26. The van der Waals surface area contributed by atoms with Crippen LogP contribution in [0.4, 0.5) is 5.69 Å². The summed E-state index contributed by atoms with van der Waals surface area (Å²) in [5.74, 6) is 0.373. The van der Waals surface area contributed by atoms with Gasteiger partial charge < -0.3 is 10.1 Å². The van der Waals surface area contributed by atoms with Crippen molar-refractivity contribution in [3.8, 4) is 5.75 Å². The van der Waals surface area contributed by atoms with E-state index in [2.05, 4.69) is 10.0 Å². The first kappa shape index (κ1) is 17.8. The first-order valence-electron chi connectivity index (χ1n) is 7.31. The number of hydrogen-bond donors (Lipinski definition) is 2. The Morgan fingerprint density at radius 2 is 1.83 bits per heavy atom. The summed E-state index contributed by atoms with van der Waals surface area (Å²) in [5.41, 5.74) is 1.74. The number of carbonyl (C=O) groups excluding carboxylic acids is 1. The van der Waals surface area contributed by atoms with Crippen LogP contribution < -0.4 is 14.8 Å². The van der Waals surface area contributed by atoms with Crippen LogP contribution in [0.3, 0.4) is 0 Å². The van der Waals surface area contributed by atoms with Gasteiger partial charge in [0.25, 0.3) is 5.91 Å². The fourth-order valence-corrected chi connectivity index (χ4v) is 2.77. The molecule has 2 N–H and O–H groups in total. The number of nitrogens with one attached hydrogen (secondary N) is 2. The Kier molecular flexibility index (Phi) is 5.46. The number of anilines is 1. The first-order chi connectivity index (χ1) is 11.3. The molecule has 0 radical (unpaired) electrons. The predicted octanol–water partition coefficient (Wildman–Crippen LogP) is 2.56. The topological polar surface area (TPSA) is 84.5 Å². The molecule has 1 unspecified atom stereocenters. The van der Waals surface area contributed by atoms with E-state index in [-0.39, 0.29) is 11.9 Å². The van der Waals surface area contributed by atoms with E-state index in [0.717, 1.165) is 11.8 Å². The Balaban J connectivity index is 2.12. The molecule has 0 bridgehead atoms. The van der Waals surface area contributed by atoms with Crippen LogP contribution in [0, 0.1) is 0 Å². The lowest BCUT2D eigenvalue weighted by molar-refractivity contribution is 0.0939. The highest BCUT2D eigenvalue weighted by Gasteiger charge is 2.13. The van der Waals surface area contributed by atoms with Crippen LogP contribution in [0.15, 0.2) is 48.5 Å². The minimum absolute atomic E-state index is 0.233. The first-order valence-corrected chi connectivity index (χ1v) is 9.20. The number of sulfonamides is 1. The van der Waals surface area contributed by atoms with Gasteiger partial charge in [-0.15, -0.1) is 0 Å². The van der Waals surface area contributed by atoms with Crippen molar-refractivity contribution in [2.24, 2.45) is 0 Å². The van der Waals surface area contributed by atoms with Gasteiger partial charge in [0.2, 0.25) is 10.0 Å². The number of rotatable bonds is 6. The Labute approximate surface area is 141 Å². The molecule has 1 atom stereocenters. The van der Waals surface area contributed by atoms with Crippen molar-refractivity contribution >= 4 is 21.6 Å². The van der Waals surface area contributed by atoms with Gasteiger partial charge in [0.15, 0.2) is 0 Å². The van der Waals surface area contributed by atoms with Crippen molar-refractivity contribution in [3.63, 3.8) is 0 Å². The van der Waals surface area contributed by atoms with E-state index in [0.29, 0.717) is 17.0 Å². The molecule has 0 aliphatic rings. The largest absolute Gasteiger partial charge is 0.497 e. The molecule has 0 saturated heterocycles. The van der Waals surface area contributed by atoms with E-state index in [1.165, 1.54) is 0 Å². The van der Waals surface area contributed by atoms with Gasteiger partial charge in [0.05, 0.1) is 19.4 Å². The molecule has 0 aliphatic carbocycles. The van der Waals surface area contributed by atoms with Gasteiger partial charge >= 0.3 is 0 Å². The van der Waals surface area contributed by atoms with Crippen LogP contribution in [0.5, 0.6) is 5.75 Å². The summed E-state index contributed by atoms with van der Waals surface area (Å²) in [7, 11) is -1.80. The zero-order chi connectivity index (χ0) is 17.7. The molecule has 6 nitrogen and oxygen atoms in total. The zero-order valence-electron chi connectivity index (χ0n) is 13.7. The van der Waals surface area contributed by atoms with Gasteiger partial charge in [0, 0.05) is 11.3 Å². The Morgan fingerprint density at radius 1 is 1.12 bits per heavy atom. The summed E-state index contributed by atoms with van der Waals surface area (Å²) in [4.78, 5) is 12.3. The second kappa shape index (κ2) is 7.35. The van der Waals surface area contributed by atoms with Crippen LogP contribution in [0.25, 0.3) is 0 Å². The number of ether oxygens (including phenoxy) is 1. The average Bonchev–Trinajstić information content (AvgIpc) is 2.53. The van der Waals surface area contributed by atoms with Gasteiger partial charge in [-0.1, -0.05) is 18.2 Å². The molecule has 2 aromatic carbocycles. The van der Waals surface area contributed by atoms with Crippen molar-refractivity contribution in [2.45, 2.75) is 13.0 Å². The highest BCUT2D eigenvalue weighted by atomic mass is 32.2. The standard InChI is InChI=1S/C17H20N2O4S/c1-12(13-6-4-8-15(10-13)19-24(3,21)22)18-17(20)14-7-5-9-16(11-14)23-2/h4-12,19H,1-3H3,(H,18,20). The normalized spacial score (nSPS) is 12.3. The van der Waals surface area contributed by atoms with Gasteiger partial charge in [0.1, 0.15) is 5.75 Å². The van der Waals surface area contributed by atoms with Gasteiger partial charge in [-0.3, -0.25) is 9.52 Å². The van der Waals surface area contributed by atoms with Crippen molar-refractivity contribution < 1.29 is 17.9 Å². The third kappa shape index (κ3) is 4.99. The molecule has 0 fully saturated rings. The lowest BCUT2D eigenvalue weighted by atomic mass is 10.1. The van der Waals surface area contributed by atoms with Gasteiger partial charge in [-0.25, -0.2) is 8.42 Å². The number of carbonyl (C=O) groups is 1. The molecule has 0 spiro atoms. The molecule has 7 heteroatoms. The maximum absolute atomic E-state index is 12.3. The summed E-state index contributed by atoms with van der Waals surface area (Å²) in [5, 5.41) is 2.88. The van der Waals surface area contributed by atoms with Crippen LogP contribution in [-0.4, -0.2) is 27.7 Å². The highest BCUT2D eigenvalue weighted by Crippen LogP contribution is 2.19. The van der Waals surface area contributed by atoms with Crippen LogP contribution in [0.2, 0.25) is 0 Å². The summed E-state index contributed by atoms with van der Waals surface area (Å²) in [6.07, 6.45) is 1.09. The Morgan fingerprint density at radius 3 is 2.50 bits per heavy atom. The fourth-order valence-electron chi connectivity index (χ4n) is 2.21. The van der Waals surface area contributed by atoms with Crippen LogP contribution in [0.1, 0.15) is 28.9 Å². The van der Waals surface area contributed by atoms with Crippen LogP contribution in [-0.2, 0) is 10.0 Å². The maximum atomic E-state index is 12.3. The SMILES string of the molecule is COc1cccc(C(=O)NC(C)c2cccc(NS(C)(=O)=O)c2)c1. The third-order valence-electron chi connectivity index (χ3n) is 3.37. The zero-order valence-corrected chi connectivity index (χ0v) is 14.6. The summed E-state index contributed by atoms with van der Waals surface area (Å²) in [6, 6.07) is 13.5. The third-order valence-corrected chi connectivity index (χ3v) is 3.98. The van der Waals surface area contributed by atoms with Crippen LogP contribution >= 0.6 is 0 Å². The van der Waals surface area contributed by atoms with Crippen molar-refractivity contribution in [1.29, 1.82) is 0 Å². The molecule has 0 aromatic heterocycles. The summed E-state index contributed by atoms with van der Waals surface area (Å²) < 4.78 is 30.2. The monoisotopic (exact) mass is 348 g/mol. The summed E-state index contributed by atoms with van der Waals surface area (Å²) >= 11 is 0. The van der Waals surface area contributed by atoms with Gasteiger partial charge in [-0.05, 0) is 42.8 Å². The molecule has 0 saturated carbocycles. The molecule has 1 amide bonds. The Bertz CT molecular complexity index is 834. The van der Waals surface area contributed by atoms with E-state index in [1.54, 1.807) is 49.6 Å². The number of benzene rings is 2. The van der Waals surface area contributed by atoms with E-state index in [1.807, 2.05) is 13.0 Å². The molecule has 128 valence electrons. The quantitative estimate of drug-likeness (QED) is 0.840. The molecule has 0 aliphatic heterocycles. The maximum Gasteiger partial charge on any atom is 0.251 e. The van der Waals surface area contributed by atoms with Crippen molar-refractivity contribution in [3.05, 3.63) is 59.7 Å².